The van der Waals surface area contributed by atoms with Crippen LogP contribution in [0.25, 0.3) is 0 Å². The molecule has 0 aromatic heterocycles. The van der Waals surface area contributed by atoms with Crippen LogP contribution in [0.4, 0.5) is 0 Å². The molecule has 1 saturated heterocycles. The van der Waals surface area contributed by atoms with Gasteiger partial charge in [0, 0.05) is 19.1 Å². The molecule has 1 aromatic rings. The number of hydrogen-bond acceptors (Lipinski definition) is 3. The third-order valence-electron chi connectivity index (χ3n) is 4.37. The lowest BCUT2D eigenvalue weighted by Gasteiger charge is -2.34. The van der Waals surface area contributed by atoms with Crippen LogP contribution < -0.4 is 5.73 Å². The maximum Gasteiger partial charge on any atom is 0.0426 e. The molecule has 1 heterocycles. The van der Waals surface area contributed by atoms with Crippen LogP contribution in [0.3, 0.4) is 0 Å². The summed E-state index contributed by atoms with van der Waals surface area (Å²) in [5, 5.41) is 0. The Bertz CT molecular complexity index is 408. The monoisotopic (exact) mass is 275 g/mol. The summed E-state index contributed by atoms with van der Waals surface area (Å²) < 4.78 is 0. The molecule has 2 N–H and O–H groups in total. The van der Waals surface area contributed by atoms with Crippen LogP contribution >= 0.6 is 0 Å². The van der Waals surface area contributed by atoms with E-state index in [1.54, 1.807) is 0 Å². The second kappa shape index (κ2) is 7.21. The summed E-state index contributed by atoms with van der Waals surface area (Å²) in [6.07, 6.45) is 2.61. The van der Waals surface area contributed by atoms with E-state index in [1.807, 2.05) is 0 Å². The molecule has 112 valence electrons. The highest BCUT2D eigenvalue weighted by molar-refractivity contribution is 5.28. The Hall–Kier alpha value is -0.900. The minimum atomic E-state index is 0.140. The number of aryl methyl sites for hydroxylation is 1. The molecular formula is C17H29N3. The Morgan fingerprint density at radius 2 is 1.90 bits per heavy atom. The Kier molecular flexibility index (Phi) is 5.58. The largest absolute Gasteiger partial charge is 0.323 e. The Labute approximate surface area is 123 Å². The molecule has 0 saturated carbocycles. The van der Waals surface area contributed by atoms with E-state index in [4.69, 9.17) is 5.73 Å². The molecule has 0 bridgehead atoms. The van der Waals surface area contributed by atoms with Crippen molar-refractivity contribution < 1.29 is 0 Å². The average molecular weight is 275 g/mol. The van der Waals surface area contributed by atoms with Crippen molar-refractivity contribution in [1.29, 1.82) is 0 Å². The van der Waals surface area contributed by atoms with E-state index < -0.39 is 0 Å². The lowest BCUT2D eigenvalue weighted by molar-refractivity contribution is 0.156. The fourth-order valence-corrected chi connectivity index (χ4v) is 3.25. The Morgan fingerprint density at radius 1 is 1.25 bits per heavy atom. The van der Waals surface area contributed by atoms with Gasteiger partial charge in [-0.25, -0.2) is 0 Å². The van der Waals surface area contributed by atoms with Gasteiger partial charge in [0.15, 0.2) is 0 Å². The van der Waals surface area contributed by atoms with E-state index >= 15 is 0 Å². The number of benzene rings is 1. The summed E-state index contributed by atoms with van der Waals surface area (Å²) in [5.41, 5.74) is 8.99. The topological polar surface area (TPSA) is 32.5 Å². The summed E-state index contributed by atoms with van der Waals surface area (Å²) in [6, 6.07) is 8.63. The Balaban J connectivity index is 1.82. The maximum absolute atomic E-state index is 6.39. The molecule has 0 aliphatic carbocycles. The Morgan fingerprint density at radius 3 is 2.50 bits per heavy atom. The first kappa shape index (κ1) is 15.5. The van der Waals surface area contributed by atoms with Crippen LogP contribution in [0.1, 0.15) is 30.0 Å². The number of piperidine rings is 1. The molecule has 3 nitrogen and oxygen atoms in total. The first-order valence-electron chi connectivity index (χ1n) is 7.74. The lowest BCUT2D eigenvalue weighted by atomic mass is 9.95. The molecule has 2 rings (SSSR count). The zero-order chi connectivity index (χ0) is 14.5. The molecule has 0 amide bonds. The summed E-state index contributed by atoms with van der Waals surface area (Å²) in [4.78, 5) is 4.84. The van der Waals surface area contributed by atoms with Crippen molar-refractivity contribution in [2.45, 2.75) is 25.8 Å². The normalized spacial score (nSPS) is 19.4. The molecule has 3 heteroatoms. The highest BCUT2D eigenvalue weighted by atomic mass is 15.1. The lowest BCUT2D eigenvalue weighted by Crippen LogP contribution is -2.40. The zero-order valence-corrected chi connectivity index (χ0v) is 13.2. The van der Waals surface area contributed by atoms with E-state index in [0.717, 1.165) is 12.5 Å². The van der Waals surface area contributed by atoms with E-state index in [-0.39, 0.29) is 6.04 Å². The van der Waals surface area contributed by atoms with Crippen LogP contribution in [-0.2, 0) is 0 Å². The van der Waals surface area contributed by atoms with Gasteiger partial charge in [-0.05, 0) is 64.0 Å². The third kappa shape index (κ3) is 4.30. The van der Waals surface area contributed by atoms with Gasteiger partial charge in [0.05, 0.1) is 0 Å². The summed E-state index contributed by atoms with van der Waals surface area (Å²) >= 11 is 0. The van der Waals surface area contributed by atoms with Crippen molar-refractivity contribution in [3.8, 4) is 0 Å². The third-order valence-corrected chi connectivity index (χ3v) is 4.37. The van der Waals surface area contributed by atoms with E-state index in [1.165, 1.54) is 43.6 Å². The summed E-state index contributed by atoms with van der Waals surface area (Å²) in [7, 11) is 4.33. The van der Waals surface area contributed by atoms with Gasteiger partial charge in [0.2, 0.25) is 0 Å². The number of nitrogens with zero attached hydrogens (tertiary/aromatic N) is 2. The number of hydrogen-bond donors (Lipinski definition) is 1. The molecule has 20 heavy (non-hydrogen) atoms. The minimum absolute atomic E-state index is 0.140. The van der Waals surface area contributed by atoms with Crippen molar-refractivity contribution in [3.05, 3.63) is 35.4 Å². The second-order valence-corrected chi connectivity index (χ2v) is 6.47. The van der Waals surface area contributed by atoms with Crippen molar-refractivity contribution in [1.82, 2.24) is 9.80 Å². The van der Waals surface area contributed by atoms with Crippen molar-refractivity contribution in [2.75, 3.05) is 40.3 Å². The van der Waals surface area contributed by atoms with Gasteiger partial charge in [-0.15, -0.1) is 0 Å². The molecule has 1 aliphatic rings. The van der Waals surface area contributed by atoms with Crippen molar-refractivity contribution >= 4 is 0 Å². The van der Waals surface area contributed by atoms with Crippen LogP contribution in [0, 0.1) is 12.8 Å². The number of likely N-dealkylation sites (tertiary alicyclic amines) is 1. The second-order valence-electron chi connectivity index (χ2n) is 6.47. The maximum atomic E-state index is 6.39. The fourth-order valence-electron chi connectivity index (χ4n) is 3.25. The predicted molar refractivity (Wildman–Crippen MR) is 85.8 cm³/mol. The van der Waals surface area contributed by atoms with Gasteiger partial charge in [-0.2, -0.15) is 0 Å². The number of nitrogens with two attached hydrogens (primary N) is 1. The first-order valence-corrected chi connectivity index (χ1v) is 7.74. The number of rotatable bonds is 5. The van der Waals surface area contributed by atoms with Gasteiger partial charge in [-0.1, -0.05) is 24.3 Å². The van der Waals surface area contributed by atoms with Crippen LogP contribution in [0.5, 0.6) is 0 Å². The summed E-state index contributed by atoms with van der Waals surface area (Å²) in [6.45, 7) is 6.74. The van der Waals surface area contributed by atoms with E-state index in [9.17, 15) is 0 Å². The molecule has 0 spiro atoms. The smallest absolute Gasteiger partial charge is 0.0426 e. The highest BCUT2D eigenvalue weighted by Crippen LogP contribution is 2.21. The fraction of sp³-hybridized carbons (Fsp3) is 0.647. The molecule has 1 aromatic carbocycles. The summed E-state index contributed by atoms with van der Waals surface area (Å²) in [5.74, 6) is 0.857. The quantitative estimate of drug-likeness (QED) is 0.895. The van der Waals surface area contributed by atoms with E-state index in [0.29, 0.717) is 0 Å². The van der Waals surface area contributed by atoms with Gasteiger partial charge < -0.3 is 15.5 Å². The van der Waals surface area contributed by atoms with Gasteiger partial charge >= 0.3 is 0 Å². The predicted octanol–water partition coefficient (Wildman–Crippen LogP) is 2.27. The van der Waals surface area contributed by atoms with Crippen LogP contribution in [0.15, 0.2) is 24.3 Å². The molecular weight excluding hydrogens is 246 g/mol. The van der Waals surface area contributed by atoms with Gasteiger partial charge in [0.1, 0.15) is 0 Å². The van der Waals surface area contributed by atoms with Gasteiger partial charge in [0.25, 0.3) is 0 Å². The van der Waals surface area contributed by atoms with Gasteiger partial charge in [-0.3, -0.25) is 0 Å². The molecule has 0 radical (unpaired) electrons. The molecule has 1 fully saturated rings. The standard InChI is InChI=1S/C17H29N3/c1-14-6-4-5-7-16(14)17(18)13-20-10-8-15(9-11-20)12-19(2)3/h4-7,15,17H,8-13,18H2,1-3H3. The van der Waals surface area contributed by atoms with E-state index in [2.05, 4.69) is 55.1 Å². The molecule has 1 aliphatic heterocycles. The SMILES string of the molecule is Cc1ccccc1C(N)CN1CCC(CN(C)C)CC1. The zero-order valence-electron chi connectivity index (χ0n) is 13.2. The average Bonchev–Trinajstić information content (AvgIpc) is 2.41. The van der Waals surface area contributed by atoms with Crippen LogP contribution in [0.2, 0.25) is 0 Å². The van der Waals surface area contributed by atoms with Crippen molar-refractivity contribution in [2.24, 2.45) is 11.7 Å². The first-order chi connectivity index (χ1) is 9.56. The minimum Gasteiger partial charge on any atom is -0.323 e. The molecule has 1 unspecified atom stereocenters. The highest BCUT2D eigenvalue weighted by Gasteiger charge is 2.21. The molecule has 1 atom stereocenters. The van der Waals surface area contributed by atoms with Crippen molar-refractivity contribution in [3.63, 3.8) is 0 Å². The van der Waals surface area contributed by atoms with Crippen LogP contribution in [-0.4, -0.2) is 50.1 Å².